The van der Waals surface area contributed by atoms with Crippen LogP contribution in [0.3, 0.4) is 0 Å². The number of aromatic nitrogens is 1. The molecular weight excluding hydrogens is 360 g/mol. The zero-order chi connectivity index (χ0) is 15.5. The second kappa shape index (κ2) is 6.23. The number of ether oxygens (including phenoxy) is 1. The first-order valence-corrected chi connectivity index (χ1v) is 8.02. The maximum Gasteiger partial charge on any atom is 0.268 e. The summed E-state index contributed by atoms with van der Waals surface area (Å²) in [5, 5.41) is 0. The predicted octanol–water partition coefficient (Wildman–Crippen LogP) is 1.97. The summed E-state index contributed by atoms with van der Waals surface area (Å²) in [6, 6.07) is 7.70. The molecule has 0 aliphatic carbocycles. The van der Waals surface area contributed by atoms with Crippen LogP contribution in [0.25, 0.3) is 0 Å². The standard InChI is InChI=1S/C13H11BrN2O4S/c1-20-12-5-3-2-4-11(12)13(17)16-21(18,19)10-6-9(14)7-15-8-10/h2-8H,1H3,(H,16,17). The number of carbonyl (C=O) groups excluding carboxylic acids is 1. The van der Waals surface area contributed by atoms with Gasteiger partial charge in [-0.2, -0.15) is 0 Å². The molecular formula is C13H11BrN2O4S. The summed E-state index contributed by atoms with van der Waals surface area (Å²) >= 11 is 3.13. The summed E-state index contributed by atoms with van der Waals surface area (Å²) in [6.07, 6.45) is 2.60. The molecule has 0 bridgehead atoms. The molecule has 8 heteroatoms. The van der Waals surface area contributed by atoms with Crippen LogP contribution in [-0.4, -0.2) is 26.4 Å². The van der Waals surface area contributed by atoms with Crippen LogP contribution in [0.4, 0.5) is 0 Å². The summed E-state index contributed by atoms with van der Waals surface area (Å²) in [5.41, 5.74) is 0.131. The molecule has 0 spiro atoms. The van der Waals surface area contributed by atoms with Gasteiger partial charge in [0.05, 0.1) is 12.7 Å². The van der Waals surface area contributed by atoms with E-state index in [1.54, 1.807) is 18.2 Å². The van der Waals surface area contributed by atoms with Gasteiger partial charge >= 0.3 is 0 Å². The lowest BCUT2D eigenvalue weighted by molar-refractivity contribution is 0.0978. The molecule has 0 fully saturated rings. The molecule has 1 heterocycles. The van der Waals surface area contributed by atoms with Crippen molar-refractivity contribution in [3.63, 3.8) is 0 Å². The summed E-state index contributed by atoms with van der Waals surface area (Å²) in [6.45, 7) is 0. The third kappa shape index (κ3) is 3.59. The number of methoxy groups -OCH3 is 1. The van der Waals surface area contributed by atoms with Gasteiger partial charge in [-0.15, -0.1) is 0 Å². The molecule has 2 rings (SSSR count). The minimum Gasteiger partial charge on any atom is -0.496 e. The van der Waals surface area contributed by atoms with E-state index >= 15 is 0 Å². The van der Waals surface area contributed by atoms with Crippen LogP contribution < -0.4 is 9.46 Å². The van der Waals surface area contributed by atoms with E-state index in [-0.39, 0.29) is 16.2 Å². The van der Waals surface area contributed by atoms with Crippen molar-refractivity contribution in [1.82, 2.24) is 9.71 Å². The van der Waals surface area contributed by atoms with E-state index in [2.05, 4.69) is 20.9 Å². The number of hydrogen-bond donors (Lipinski definition) is 1. The normalized spacial score (nSPS) is 11.0. The van der Waals surface area contributed by atoms with Gasteiger partial charge in [-0.25, -0.2) is 13.1 Å². The topological polar surface area (TPSA) is 85.4 Å². The Kier molecular flexibility index (Phi) is 4.59. The maximum absolute atomic E-state index is 12.1. The van der Waals surface area contributed by atoms with E-state index in [0.29, 0.717) is 4.47 Å². The van der Waals surface area contributed by atoms with Gasteiger partial charge in [0.2, 0.25) is 0 Å². The Labute approximate surface area is 130 Å². The first-order valence-electron chi connectivity index (χ1n) is 5.75. The fraction of sp³-hybridized carbons (Fsp3) is 0.0769. The Morgan fingerprint density at radius 1 is 1.29 bits per heavy atom. The maximum atomic E-state index is 12.1. The van der Waals surface area contributed by atoms with Crippen LogP contribution in [-0.2, 0) is 10.0 Å². The molecule has 1 aromatic carbocycles. The van der Waals surface area contributed by atoms with Crippen molar-refractivity contribution in [2.75, 3.05) is 7.11 Å². The zero-order valence-corrected chi connectivity index (χ0v) is 13.3. The first kappa shape index (κ1) is 15.5. The Bertz CT molecular complexity index is 777. The lowest BCUT2D eigenvalue weighted by atomic mass is 10.2. The highest BCUT2D eigenvalue weighted by Crippen LogP contribution is 2.19. The molecule has 2 aromatic rings. The molecule has 6 nitrogen and oxygen atoms in total. The van der Waals surface area contributed by atoms with Crippen molar-refractivity contribution in [3.05, 3.63) is 52.8 Å². The Morgan fingerprint density at radius 2 is 2.00 bits per heavy atom. The van der Waals surface area contributed by atoms with Crippen LogP contribution in [0, 0.1) is 0 Å². The van der Waals surface area contributed by atoms with Crippen molar-refractivity contribution in [3.8, 4) is 5.75 Å². The number of benzene rings is 1. The van der Waals surface area contributed by atoms with Gasteiger partial charge in [-0.1, -0.05) is 12.1 Å². The molecule has 1 N–H and O–H groups in total. The van der Waals surface area contributed by atoms with Crippen LogP contribution in [0.2, 0.25) is 0 Å². The average molecular weight is 371 g/mol. The highest BCUT2D eigenvalue weighted by Gasteiger charge is 2.21. The number of pyridine rings is 1. The van der Waals surface area contributed by atoms with Gasteiger partial charge in [0.15, 0.2) is 0 Å². The fourth-order valence-electron chi connectivity index (χ4n) is 1.61. The highest BCUT2D eigenvalue weighted by molar-refractivity contribution is 9.10. The summed E-state index contributed by atoms with van der Waals surface area (Å²) < 4.78 is 31.8. The van der Waals surface area contributed by atoms with Crippen molar-refractivity contribution in [1.29, 1.82) is 0 Å². The average Bonchev–Trinajstić information content (AvgIpc) is 2.46. The Hall–Kier alpha value is -1.93. The minimum absolute atomic E-state index is 0.111. The van der Waals surface area contributed by atoms with E-state index in [0.717, 1.165) is 6.20 Å². The molecule has 0 aliphatic heterocycles. The highest BCUT2D eigenvalue weighted by atomic mass is 79.9. The number of nitrogens with zero attached hydrogens (tertiary/aromatic N) is 1. The molecule has 21 heavy (non-hydrogen) atoms. The van der Waals surface area contributed by atoms with Crippen LogP contribution >= 0.6 is 15.9 Å². The van der Waals surface area contributed by atoms with E-state index in [9.17, 15) is 13.2 Å². The molecule has 0 saturated heterocycles. The third-order valence-electron chi connectivity index (χ3n) is 2.57. The molecule has 0 saturated carbocycles. The number of rotatable bonds is 4. The third-order valence-corrected chi connectivity index (χ3v) is 4.30. The molecule has 0 unspecified atom stereocenters. The number of para-hydroxylation sites is 1. The zero-order valence-electron chi connectivity index (χ0n) is 10.9. The van der Waals surface area contributed by atoms with Gasteiger partial charge < -0.3 is 4.74 Å². The number of nitrogens with one attached hydrogen (secondary N) is 1. The molecule has 1 aromatic heterocycles. The fourth-order valence-corrected chi connectivity index (χ4v) is 3.08. The molecule has 0 radical (unpaired) electrons. The number of halogens is 1. The van der Waals surface area contributed by atoms with Gasteiger partial charge in [-0.3, -0.25) is 9.78 Å². The van der Waals surface area contributed by atoms with E-state index in [4.69, 9.17) is 4.74 Å². The van der Waals surface area contributed by atoms with Gasteiger partial charge in [0.1, 0.15) is 10.6 Å². The van der Waals surface area contributed by atoms with Crippen LogP contribution in [0.15, 0.2) is 52.1 Å². The molecule has 1 amide bonds. The summed E-state index contributed by atoms with van der Waals surface area (Å²) in [4.78, 5) is 15.7. The predicted molar refractivity (Wildman–Crippen MR) is 79.6 cm³/mol. The Balaban J connectivity index is 2.30. The van der Waals surface area contributed by atoms with E-state index in [1.807, 2.05) is 4.72 Å². The number of amides is 1. The van der Waals surface area contributed by atoms with Gasteiger partial charge in [0, 0.05) is 16.9 Å². The van der Waals surface area contributed by atoms with Crippen LogP contribution in [0.1, 0.15) is 10.4 Å². The first-order chi connectivity index (χ1) is 9.94. The minimum atomic E-state index is -4.00. The summed E-state index contributed by atoms with van der Waals surface area (Å²) in [7, 11) is -2.60. The monoisotopic (exact) mass is 370 g/mol. The lowest BCUT2D eigenvalue weighted by Gasteiger charge is -2.09. The second-order valence-corrected chi connectivity index (χ2v) is 6.57. The molecule has 110 valence electrons. The van der Waals surface area contributed by atoms with Crippen molar-refractivity contribution in [2.24, 2.45) is 0 Å². The quantitative estimate of drug-likeness (QED) is 0.888. The Morgan fingerprint density at radius 3 is 2.67 bits per heavy atom. The molecule has 0 aliphatic rings. The van der Waals surface area contributed by atoms with E-state index in [1.165, 1.54) is 25.4 Å². The van der Waals surface area contributed by atoms with Crippen molar-refractivity contribution in [2.45, 2.75) is 4.90 Å². The smallest absolute Gasteiger partial charge is 0.268 e. The van der Waals surface area contributed by atoms with Gasteiger partial charge in [0.25, 0.3) is 15.9 Å². The van der Waals surface area contributed by atoms with Crippen molar-refractivity contribution < 1.29 is 17.9 Å². The number of carbonyl (C=O) groups is 1. The number of sulfonamides is 1. The van der Waals surface area contributed by atoms with Crippen molar-refractivity contribution >= 4 is 31.9 Å². The second-order valence-electron chi connectivity index (χ2n) is 3.97. The summed E-state index contributed by atoms with van der Waals surface area (Å²) in [5.74, 6) is -0.481. The SMILES string of the molecule is COc1ccccc1C(=O)NS(=O)(=O)c1cncc(Br)c1. The number of hydrogen-bond acceptors (Lipinski definition) is 5. The lowest BCUT2D eigenvalue weighted by Crippen LogP contribution is -2.30. The van der Waals surface area contributed by atoms with Gasteiger partial charge in [-0.05, 0) is 34.1 Å². The molecule has 0 atom stereocenters. The van der Waals surface area contributed by atoms with E-state index < -0.39 is 15.9 Å². The largest absolute Gasteiger partial charge is 0.496 e. The van der Waals surface area contributed by atoms with Crippen LogP contribution in [0.5, 0.6) is 5.75 Å².